The van der Waals surface area contributed by atoms with Gasteiger partial charge in [0.05, 0.1) is 25.3 Å². The number of hydrogen-bond acceptors (Lipinski definition) is 4. The standard InChI is InChI=1S/C9H7BrF2O2.C9H8F2O2/c1-14-9(13)6-3-8(12)7(11)2-5(6)4-10;1-5-3-7(10)8(11)4-6(5)9(12)13-2/h2-3H,4H2,1H3;3-4H,1-2H3. The van der Waals surface area contributed by atoms with Crippen molar-refractivity contribution in [3.05, 3.63) is 69.8 Å². The molecule has 146 valence electrons. The summed E-state index contributed by atoms with van der Waals surface area (Å²) in [5.74, 6) is -5.41. The van der Waals surface area contributed by atoms with Crippen molar-refractivity contribution in [1.82, 2.24) is 0 Å². The van der Waals surface area contributed by atoms with Gasteiger partial charge in [0, 0.05) is 5.33 Å². The molecule has 0 unspecified atom stereocenters. The Bertz CT molecular complexity index is 856. The van der Waals surface area contributed by atoms with Gasteiger partial charge in [0.15, 0.2) is 23.3 Å². The van der Waals surface area contributed by atoms with Crippen LogP contribution in [0.3, 0.4) is 0 Å². The lowest BCUT2D eigenvalue weighted by molar-refractivity contribution is 0.0590. The van der Waals surface area contributed by atoms with E-state index in [0.717, 1.165) is 24.3 Å². The highest BCUT2D eigenvalue weighted by Gasteiger charge is 2.15. The zero-order valence-electron chi connectivity index (χ0n) is 14.5. The highest BCUT2D eigenvalue weighted by Crippen LogP contribution is 2.18. The maximum Gasteiger partial charge on any atom is 0.338 e. The molecule has 4 nitrogen and oxygen atoms in total. The first-order valence-corrected chi connectivity index (χ1v) is 8.44. The molecule has 0 aromatic heterocycles. The molecular formula is C18H15BrF4O4. The van der Waals surface area contributed by atoms with E-state index in [9.17, 15) is 27.2 Å². The predicted molar refractivity (Wildman–Crippen MR) is 92.8 cm³/mol. The van der Waals surface area contributed by atoms with Gasteiger partial charge in [0.2, 0.25) is 0 Å². The molecule has 0 aliphatic heterocycles. The summed E-state index contributed by atoms with van der Waals surface area (Å²) in [7, 11) is 2.37. The molecule has 0 heterocycles. The molecule has 27 heavy (non-hydrogen) atoms. The first-order valence-electron chi connectivity index (χ1n) is 7.32. The average molecular weight is 451 g/mol. The molecule has 0 aliphatic rings. The van der Waals surface area contributed by atoms with Crippen LogP contribution in [0.15, 0.2) is 24.3 Å². The van der Waals surface area contributed by atoms with Crippen LogP contribution in [0.25, 0.3) is 0 Å². The minimum Gasteiger partial charge on any atom is -0.465 e. The second-order valence-electron chi connectivity index (χ2n) is 5.12. The Morgan fingerprint density at radius 2 is 1.22 bits per heavy atom. The summed E-state index contributed by atoms with van der Waals surface area (Å²) >= 11 is 3.07. The molecule has 2 aromatic rings. The van der Waals surface area contributed by atoms with Crippen molar-refractivity contribution >= 4 is 27.9 Å². The summed E-state index contributed by atoms with van der Waals surface area (Å²) in [6.07, 6.45) is 0. The topological polar surface area (TPSA) is 52.6 Å². The molecule has 0 saturated heterocycles. The first-order chi connectivity index (χ1) is 12.7. The van der Waals surface area contributed by atoms with Crippen LogP contribution >= 0.6 is 15.9 Å². The molecule has 9 heteroatoms. The van der Waals surface area contributed by atoms with E-state index in [2.05, 4.69) is 25.4 Å². The largest absolute Gasteiger partial charge is 0.465 e. The smallest absolute Gasteiger partial charge is 0.338 e. The molecule has 0 aliphatic carbocycles. The fourth-order valence-corrected chi connectivity index (χ4v) is 2.44. The van der Waals surface area contributed by atoms with Gasteiger partial charge in [-0.1, -0.05) is 15.9 Å². The minimum atomic E-state index is -1.06. The molecule has 0 N–H and O–H groups in total. The third kappa shape index (κ3) is 5.78. The van der Waals surface area contributed by atoms with Gasteiger partial charge >= 0.3 is 11.9 Å². The summed E-state index contributed by atoms with van der Waals surface area (Å²) < 4.78 is 59.6. The van der Waals surface area contributed by atoms with E-state index in [4.69, 9.17) is 0 Å². The molecule has 0 radical (unpaired) electrons. The van der Waals surface area contributed by atoms with E-state index >= 15 is 0 Å². The summed E-state index contributed by atoms with van der Waals surface area (Å²) in [6, 6.07) is 3.59. The molecule has 0 bridgehead atoms. The fraction of sp³-hybridized carbons (Fsp3) is 0.222. The number of ether oxygens (including phenoxy) is 2. The maximum atomic E-state index is 12.8. The SMILES string of the molecule is COC(=O)c1cc(F)c(F)cc1C.COC(=O)c1cc(F)c(F)cc1CBr. The van der Waals surface area contributed by atoms with Crippen LogP contribution in [0, 0.1) is 30.2 Å². The molecule has 2 aromatic carbocycles. The van der Waals surface area contributed by atoms with Gasteiger partial charge in [-0.2, -0.15) is 0 Å². The summed E-state index contributed by atoms with van der Waals surface area (Å²) in [6.45, 7) is 1.51. The number of rotatable bonds is 3. The van der Waals surface area contributed by atoms with Crippen molar-refractivity contribution in [2.75, 3.05) is 14.2 Å². The van der Waals surface area contributed by atoms with Crippen molar-refractivity contribution < 1.29 is 36.6 Å². The van der Waals surface area contributed by atoms with Gasteiger partial charge in [-0.15, -0.1) is 0 Å². The number of benzene rings is 2. The number of carbonyl (C=O) groups excluding carboxylic acids is 2. The van der Waals surface area contributed by atoms with E-state index < -0.39 is 35.2 Å². The number of carbonyl (C=O) groups is 2. The molecule has 2 rings (SSSR count). The third-order valence-electron chi connectivity index (χ3n) is 3.37. The third-order valence-corrected chi connectivity index (χ3v) is 3.97. The van der Waals surface area contributed by atoms with Crippen LogP contribution in [-0.2, 0) is 14.8 Å². The van der Waals surface area contributed by atoms with Gasteiger partial charge < -0.3 is 9.47 Å². The molecule has 0 amide bonds. The number of hydrogen-bond donors (Lipinski definition) is 0. The number of esters is 2. The summed E-state index contributed by atoms with van der Waals surface area (Å²) in [5.41, 5.74) is 0.783. The van der Waals surface area contributed by atoms with Gasteiger partial charge in [-0.3, -0.25) is 0 Å². The Balaban J connectivity index is 0.000000271. The number of methoxy groups -OCH3 is 2. The van der Waals surface area contributed by atoms with Crippen LogP contribution in [0.2, 0.25) is 0 Å². The van der Waals surface area contributed by atoms with Crippen LogP contribution in [0.4, 0.5) is 17.6 Å². The summed E-state index contributed by atoms with van der Waals surface area (Å²) in [4.78, 5) is 22.1. The molecule has 0 atom stereocenters. The van der Waals surface area contributed by atoms with E-state index in [1.54, 1.807) is 0 Å². The highest BCUT2D eigenvalue weighted by atomic mass is 79.9. The van der Waals surface area contributed by atoms with Crippen molar-refractivity contribution in [3.63, 3.8) is 0 Å². The number of alkyl halides is 1. The highest BCUT2D eigenvalue weighted by molar-refractivity contribution is 9.08. The Kier molecular flexibility index (Phi) is 8.42. The second-order valence-corrected chi connectivity index (χ2v) is 5.68. The zero-order chi connectivity index (χ0) is 20.7. The fourth-order valence-electron chi connectivity index (χ4n) is 1.97. The quantitative estimate of drug-likeness (QED) is 0.386. The minimum absolute atomic E-state index is 0.0308. The lowest BCUT2D eigenvalue weighted by atomic mass is 10.1. The Morgan fingerprint density at radius 3 is 1.70 bits per heavy atom. The Morgan fingerprint density at radius 1 is 0.815 bits per heavy atom. The van der Waals surface area contributed by atoms with Crippen molar-refractivity contribution in [2.24, 2.45) is 0 Å². The number of aryl methyl sites for hydroxylation is 1. The van der Waals surface area contributed by atoms with E-state index in [-0.39, 0.29) is 16.5 Å². The van der Waals surface area contributed by atoms with Crippen molar-refractivity contribution in [3.8, 4) is 0 Å². The maximum absolute atomic E-state index is 12.8. The Hall–Kier alpha value is -2.42. The molecule has 0 fully saturated rings. The average Bonchev–Trinajstić information content (AvgIpc) is 2.65. The lowest BCUT2D eigenvalue weighted by Gasteiger charge is -2.05. The van der Waals surface area contributed by atoms with Crippen LogP contribution in [0.1, 0.15) is 31.8 Å². The van der Waals surface area contributed by atoms with E-state index in [1.165, 1.54) is 21.1 Å². The van der Waals surface area contributed by atoms with Crippen LogP contribution < -0.4 is 0 Å². The lowest BCUT2D eigenvalue weighted by Crippen LogP contribution is -2.06. The van der Waals surface area contributed by atoms with Gasteiger partial charge in [0.1, 0.15) is 0 Å². The predicted octanol–water partition coefficient (Wildman–Crippen LogP) is 4.71. The van der Waals surface area contributed by atoms with E-state index in [0.29, 0.717) is 11.1 Å². The molecular weight excluding hydrogens is 436 g/mol. The monoisotopic (exact) mass is 450 g/mol. The second kappa shape index (κ2) is 10.1. The first kappa shape index (κ1) is 22.6. The number of halogens is 5. The van der Waals surface area contributed by atoms with Gasteiger partial charge in [-0.05, 0) is 42.3 Å². The molecule has 0 spiro atoms. The van der Waals surface area contributed by atoms with E-state index in [1.807, 2.05) is 0 Å². The summed E-state index contributed by atoms with van der Waals surface area (Å²) in [5, 5.41) is 0.259. The zero-order valence-corrected chi connectivity index (χ0v) is 16.1. The Labute approximate surface area is 161 Å². The van der Waals surface area contributed by atoms with Crippen LogP contribution in [0.5, 0.6) is 0 Å². The van der Waals surface area contributed by atoms with Crippen molar-refractivity contribution in [1.29, 1.82) is 0 Å². The van der Waals surface area contributed by atoms with Gasteiger partial charge in [0.25, 0.3) is 0 Å². The van der Waals surface area contributed by atoms with Crippen molar-refractivity contribution in [2.45, 2.75) is 12.3 Å². The normalized spacial score (nSPS) is 9.93. The molecule has 0 saturated carbocycles. The van der Waals surface area contributed by atoms with Crippen LogP contribution in [-0.4, -0.2) is 26.2 Å². The van der Waals surface area contributed by atoms with Gasteiger partial charge in [-0.25, -0.2) is 27.2 Å².